The SMILES string of the molecule is COC[C@@H]1CCC(C)=N1. The van der Waals surface area contributed by atoms with Gasteiger partial charge in [-0.2, -0.15) is 0 Å². The lowest BCUT2D eigenvalue weighted by atomic mass is 10.2. The van der Waals surface area contributed by atoms with Crippen molar-refractivity contribution in [3.63, 3.8) is 0 Å². The molecule has 0 spiro atoms. The molecule has 0 aromatic carbocycles. The fraction of sp³-hybridized carbons (Fsp3) is 0.857. The van der Waals surface area contributed by atoms with Crippen LogP contribution in [0.1, 0.15) is 19.8 Å². The molecule has 0 amide bonds. The Morgan fingerprint density at radius 2 is 2.56 bits per heavy atom. The van der Waals surface area contributed by atoms with Gasteiger partial charge < -0.3 is 4.74 Å². The zero-order valence-corrected chi connectivity index (χ0v) is 6.05. The van der Waals surface area contributed by atoms with E-state index in [2.05, 4.69) is 11.9 Å². The largest absolute Gasteiger partial charge is 0.382 e. The van der Waals surface area contributed by atoms with Gasteiger partial charge in [-0.25, -0.2) is 0 Å². The van der Waals surface area contributed by atoms with Gasteiger partial charge in [-0.1, -0.05) is 0 Å². The highest BCUT2D eigenvalue weighted by molar-refractivity contribution is 5.83. The van der Waals surface area contributed by atoms with Crippen LogP contribution < -0.4 is 0 Å². The summed E-state index contributed by atoms with van der Waals surface area (Å²) in [4.78, 5) is 4.37. The third-order valence-corrected chi connectivity index (χ3v) is 1.60. The molecular formula is C7H13NO. The summed E-state index contributed by atoms with van der Waals surface area (Å²) in [6.07, 6.45) is 2.34. The van der Waals surface area contributed by atoms with Crippen LogP contribution in [0.2, 0.25) is 0 Å². The van der Waals surface area contributed by atoms with E-state index in [0.717, 1.165) is 13.0 Å². The van der Waals surface area contributed by atoms with Gasteiger partial charge in [0.05, 0.1) is 12.6 Å². The van der Waals surface area contributed by atoms with Crippen LogP contribution in [0, 0.1) is 0 Å². The van der Waals surface area contributed by atoms with Gasteiger partial charge in [0.15, 0.2) is 0 Å². The highest BCUT2D eigenvalue weighted by atomic mass is 16.5. The first kappa shape index (κ1) is 6.75. The second-order valence-corrected chi connectivity index (χ2v) is 2.51. The maximum absolute atomic E-state index is 4.97. The summed E-state index contributed by atoms with van der Waals surface area (Å²) in [5.41, 5.74) is 1.28. The minimum atomic E-state index is 0.454. The molecule has 1 aliphatic rings. The highest BCUT2D eigenvalue weighted by Crippen LogP contribution is 2.12. The van der Waals surface area contributed by atoms with Crippen molar-refractivity contribution in [3.8, 4) is 0 Å². The van der Waals surface area contributed by atoms with Crippen LogP contribution in [0.15, 0.2) is 4.99 Å². The summed E-state index contributed by atoms with van der Waals surface area (Å²) >= 11 is 0. The second-order valence-electron chi connectivity index (χ2n) is 2.51. The van der Waals surface area contributed by atoms with E-state index in [1.54, 1.807) is 7.11 Å². The topological polar surface area (TPSA) is 21.6 Å². The van der Waals surface area contributed by atoms with Crippen LogP contribution in [0.4, 0.5) is 0 Å². The number of hydrogen-bond donors (Lipinski definition) is 0. The minimum absolute atomic E-state index is 0.454. The van der Waals surface area contributed by atoms with E-state index < -0.39 is 0 Å². The van der Waals surface area contributed by atoms with E-state index >= 15 is 0 Å². The molecule has 52 valence electrons. The number of ether oxygens (including phenoxy) is 1. The van der Waals surface area contributed by atoms with Gasteiger partial charge in [-0.15, -0.1) is 0 Å². The van der Waals surface area contributed by atoms with Crippen LogP contribution in [-0.2, 0) is 4.74 Å². The third-order valence-electron chi connectivity index (χ3n) is 1.60. The lowest BCUT2D eigenvalue weighted by molar-refractivity contribution is 0.181. The molecule has 0 saturated carbocycles. The summed E-state index contributed by atoms with van der Waals surface area (Å²) in [5, 5.41) is 0. The Balaban J connectivity index is 2.29. The van der Waals surface area contributed by atoms with E-state index in [9.17, 15) is 0 Å². The van der Waals surface area contributed by atoms with Crippen LogP contribution in [0.3, 0.4) is 0 Å². The Hall–Kier alpha value is -0.370. The molecule has 0 N–H and O–H groups in total. The number of hydrogen-bond acceptors (Lipinski definition) is 2. The average molecular weight is 127 g/mol. The van der Waals surface area contributed by atoms with E-state index in [4.69, 9.17) is 4.74 Å². The van der Waals surface area contributed by atoms with Gasteiger partial charge >= 0.3 is 0 Å². The first-order chi connectivity index (χ1) is 4.33. The number of rotatable bonds is 2. The van der Waals surface area contributed by atoms with Gasteiger partial charge in [-0.3, -0.25) is 4.99 Å². The van der Waals surface area contributed by atoms with Crippen LogP contribution >= 0.6 is 0 Å². The zero-order valence-electron chi connectivity index (χ0n) is 6.05. The first-order valence-electron chi connectivity index (χ1n) is 3.35. The molecule has 0 radical (unpaired) electrons. The molecule has 0 aliphatic carbocycles. The van der Waals surface area contributed by atoms with Gasteiger partial charge in [0.25, 0.3) is 0 Å². The van der Waals surface area contributed by atoms with Crippen molar-refractivity contribution < 1.29 is 4.74 Å². The molecule has 1 heterocycles. The van der Waals surface area contributed by atoms with Crippen molar-refractivity contribution in [3.05, 3.63) is 0 Å². The predicted molar refractivity (Wildman–Crippen MR) is 38.0 cm³/mol. The smallest absolute Gasteiger partial charge is 0.0735 e. The Bertz CT molecular complexity index is 120. The number of aliphatic imine (C=N–C) groups is 1. The molecule has 9 heavy (non-hydrogen) atoms. The van der Waals surface area contributed by atoms with Gasteiger partial charge in [0.2, 0.25) is 0 Å². The van der Waals surface area contributed by atoms with Crippen LogP contribution in [0.25, 0.3) is 0 Å². The number of nitrogens with zero attached hydrogens (tertiary/aromatic N) is 1. The molecule has 0 saturated heterocycles. The van der Waals surface area contributed by atoms with Crippen molar-refractivity contribution in [2.75, 3.05) is 13.7 Å². The second kappa shape index (κ2) is 2.97. The molecule has 0 aromatic rings. The fourth-order valence-corrected chi connectivity index (χ4v) is 1.13. The third kappa shape index (κ3) is 1.79. The van der Waals surface area contributed by atoms with Crippen molar-refractivity contribution >= 4 is 5.71 Å². The Morgan fingerprint density at radius 3 is 3.00 bits per heavy atom. The van der Waals surface area contributed by atoms with E-state index in [1.165, 1.54) is 12.1 Å². The van der Waals surface area contributed by atoms with E-state index in [0.29, 0.717) is 6.04 Å². The highest BCUT2D eigenvalue weighted by Gasteiger charge is 2.12. The zero-order chi connectivity index (χ0) is 6.69. The Kier molecular flexibility index (Phi) is 2.22. The molecule has 1 atom stereocenters. The lowest BCUT2D eigenvalue weighted by Gasteiger charge is -2.01. The van der Waals surface area contributed by atoms with Gasteiger partial charge in [0, 0.05) is 12.8 Å². The van der Waals surface area contributed by atoms with Crippen molar-refractivity contribution in [1.82, 2.24) is 0 Å². The summed E-state index contributed by atoms with van der Waals surface area (Å²) in [5.74, 6) is 0. The summed E-state index contributed by atoms with van der Waals surface area (Å²) in [6.45, 7) is 2.87. The van der Waals surface area contributed by atoms with Crippen molar-refractivity contribution in [2.24, 2.45) is 4.99 Å². The van der Waals surface area contributed by atoms with Crippen molar-refractivity contribution in [1.29, 1.82) is 0 Å². The molecule has 1 aliphatic heterocycles. The van der Waals surface area contributed by atoms with E-state index in [1.807, 2.05) is 0 Å². The molecule has 0 unspecified atom stereocenters. The molecule has 0 bridgehead atoms. The van der Waals surface area contributed by atoms with Crippen LogP contribution in [0.5, 0.6) is 0 Å². The summed E-state index contributed by atoms with van der Waals surface area (Å²) < 4.78 is 4.97. The molecule has 1 rings (SSSR count). The van der Waals surface area contributed by atoms with E-state index in [-0.39, 0.29) is 0 Å². The average Bonchev–Trinajstić information content (AvgIpc) is 2.17. The monoisotopic (exact) mass is 127 g/mol. The summed E-state index contributed by atoms with van der Waals surface area (Å²) in [6, 6.07) is 0.454. The fourth-order valence-electron chi connectivity index (χ4n) is 1.13. The standard InChI is InChI=1S/C7H13NO/c1-6-3-4-7(8-6)5-9-2/h7H,3-5H2,1-2H3/t7-/m0/s1. The molecule has 0 fully saturated rings. The predicted octanol–water partition coefficient (Wildman–Crippen LogP) is 1.26. The van der Waals surface area contributed by atoms with Gasteiger partial charge in [0.1, 0.15) is 0 Å². The molecular weight excluding hydrogens is 114 g/mol. The van der Waals surface area contributed by atoms with Gasteiger partial charge in [-0.05, 0) is 19.8 Å². The van der Waals surface area contributed by atoms with Crippen LogP contribution in [-0.4, -0.2) is 25.5 Å². The quantitative estimate of drug-likeness (QED) is 0.547. The number of methoxy groups -OCH3 is 1. The Morgan fingerprint density at radius 1 is 1.78 bits per heavy atom. The minimum Gasteiger partial charge on any atom is -0.382 e. The lowest BCUT2D eigenvalue weighted by Crippen LogP contribution is -2.07. The first-order valence-corrected chi connectivity index (χ1v) is 3.35. The normalized spacial score (nSPS) is 26.4. The summed E-state index contributed by atoms with van der Waals surface area (Å²) in [7, 11) is 1.73. The molecule has 0 aromatic heterocycles. The molecule has 2 nitrogen and oxygen atoms in total. The van der Waals surface area contributed by atoms with Crippen molar-refractivity contribution in [2.45, 2.75) is 25.8 Å². The maximum Gasteiger partial charge on any atom is 0.0735 e. The maximum atomic E-state index is 4.97. The molecule has 2 heteroatoms. The Labute approximate surface area is 55.9 Å².